The van der Waals surface area contributed by atoms with Crippen molar-refractivity contribution in [3.63, 3.8) is 0 Å². The van der Waals surface area contributed by atoms with Crippen molar-refractivity contribution in [2.75, 3.05) is 0 Å². The zero-order valence-electron chi connectivity index (χ0n) is 7.90. The molecule has 2 heteroatoms. The molecule has 0 spiro atoms. The van der Waals surface area contributed by atoms with Gasteiger partial charge in [-0.1, -0.05) is 51.9 Å². The van der Waals surface area contributed by atoms with Crippen molar-refractivity contribution in [2.45, 2.75) is 58.3 Å². The van der Waals surface area contributed by atoms with Crippen molar-refractivity contribution in [3.8, 4) is 0 Å². The molecule has 0 fully saturated rings. The molecule has 0 heterocycles. The molecule has 0 aliphatic carbocycles. The molecule has 0 atom stereocenters. The van der Waals surface area contributed by atoms with Crippen LogP contribution >= 0.6 is 0 Å². The standard InChI is InChI=1S/C10H19O.Co/c1-2-3-4-5-6-7-8-9-10-11;/h2-9H2,1H3;/q-1;. The SMILES string of the molecule is CCCCCCCCC[C-]=O.[Co]. The Balaban J connectivity index is 0. The van der Waals surface area contributed by atoms with Gasteiger partial charge < -0.3 is 4.79 Å². The summed E-state index contributed by atoms with van der Waals surface area (Å²) < 4.78 is 0. The van der Waals surface area contributed by atoms with E-state index in [2.05, 4.69) is 6.92 Å². The Morgan fingerprint density at radius 1 is 0.917 bits per heavy atom. The van der Waals surface area contributed by atoms with Gasteiger partial charge in [-0.05, 0) is 0 Å². The minimum Gasteiger partial charge on any atom is -0.542 e. The molecule has 1 nitrogen and oxygen atoms in total. The van der Waals surface area contributed by atoms with Crippen LogP contribution in [0.1, 0.15) is 58.3 Å². The molecule has 1 radical (unpaired) electrons. The molecule has 12 heavy (non-hydrogen) atoms. The maximum atomic E-state index is 9.82. The second kappa shape index (κ2) is 13.7. The summed E-state index contributed by atoms with van der Waals surface area (Å²) in [6.45, 7) is 2.22. The number of hydrogen-bond acceptors (Lipinski definition) is 1. The number of hydrogen-bond donors (Lipinski definition) is 0. The van der Waals surface area contributed by atoms with E-state index >= 15 is 0 Å². The van der Waals surface area contributed by atoms with Crippen LogP contribution in [0.3, 0.4) is 0 Å². The summed E-state index contributed by atoms with van der Waals surface area (Å²) in [7, 11) is 0. The molecule has 0 unspecified atom stereocenters. The summed E-state index contributed by atoms with van der Waals surface area (Å²) in [5.41, 5.74) is 0. The molecular weight excluding hydrogens is 195 g/mol. The molecule has 0 aromatic carbocycles. The fourth-order valence-corrected chi connectivity index (χ4v) is 1.15. The van der Waals surface area contributed by atoms with Crippen molar-refractivity contribution in [1.82, 2.24) is 0 Å². The zero-order valence-corrected chi connectivity index (χ0v) is 8.94. The smallest absolute Gasteiger partial charge is 0 e. The Labute approximate surface area is 86.5 Å². The Morgan fingerprint density at radius 3 is 1.92 bits per heavy atom. The summed E-state index contributed by atoms with van der Waals surface area (Å²) in [5, 5.41) is 0. The first kappa shape index (κ1) is 14.7. The Hall–Kier alpha value is 0.176. The fraction of sp³-hybridized carbons (Fsp3) is 0.900. The van der Waals surface area contributed by atoms with E-state index in [-0.39, 0.29) is 16.8 Å². The maximum Gasteiger partial charge on any atom is 0 e. The Kier molecular flexibility index (Phi) is 16.8. The summed E-state index contributed by atoms with van der Waals surface area (Å²) in [5.74, 6) is 0. The normalized spacial score (nSPS) is 9.08. The largest absolute Gasteiger partial charge is 0.542 e. The minimum absolute atomic E-state index is 0. The van der Waals surface area contributed by atoms with Crippen LogP contribution in [0.4, 0.5) is 0 Å². The van der Waals surface area contributed by atoms with Crippen LogP contribution in [0, 0.1) is 0 Å². The summed E-state index contributed by atoms with van der Waals surface area (Å²) >= 11 is 0. The number of rotatable bonds is 8. The zero-order chi connectivity index (χ0) is 8.36. The average molecular weight is 214 g/mol. The second-order valence-corrected chi connectivity index (χ2v) is 3.02. The molecule has 0 bridgehead atoms. The molecular formula is C10H19CoO-. The van der Waals surface area contributed by atoms with E-state index in [1.807, 2.05) is 6.29 Å². The summed E-state index contributed by atoms with van der Waals surface area (Å²) in [4.78, 5) is 9.82. The van der Waals surface area contributed by atoms with E-state index in [0.717, 1.165) is 6.42 Å². The molecule has 0 aromatic heterocycles. The first-order valence-corrected chi connectivity index (χ1v) is 4.76. The van der Waals surface area contributed by atoms with Gasteiger partial charge in [-0.25, -0.2) is 0 Å². The van der Waals surface area contributed by atoms with Gasteiger partial charge >= 0.3 is 0 Å². The van der Waals surface area contributed by atoms with Crippen LogP contribution in [0.2, 0.25) is 0 Å². The molecule has 0 saturated heterocycles. The first-order chi connectivity index (χ1) is 5.41. The van der Waals surface area contributed by atoms with Gasteiger partial charge in [0.1, 0.15) is 0 Å². The van der Waals surface area contributed by atoms with Gasteiger partial charge in [-0.15, -0.1) is 0 Å². The monoisotopic (exact) mass is 214 g/mol. The fourth-order valence-electron chi connectivity index (χ4n) is 1.15. The topological polar surface area (TPSA) is 17.1 Å². The number of unbranched alkanes of at least 4 members (excludes halogenated alkanes) is 7. The van der Waals surface area contributed by atoms with Gasteiger partial charge in [0.2, 0.25) is 0 Å². The number of carbonyl (C=O) groups excluding carboxylic acids is 1. The minimum atomic E-state index is 0. The van der Waals surface area contributed by atoms with Gasteiger partial charge in [-0.3, -0.25) is 6.29 Å². The van der Waals surface area contributed by atoms with E-state index in [9.17, 15) is 4.79 Å². The maximum absolute atomic E-state index is 9.82. The third kappa shape index (κ3) is 12.8. The van der Waals surface area contributed by atoms with Crippen LogP contribution in [0.5, 0.6) is 0 Å². The Morgan fingerprint density at radius 2 is 1.42 bits per heavy atom. The molecule has 75 valence electrons. The molecule has 0 aromatic rings. The van der Waals surface area contributed by atoms with Crippen molar-refractivity contribution >= 4 is 6.29 Å². The van der Waals surface area contributed by atoms with Crippen LogP contribution in [0.15, 0.2) is 0 Å². The average Bonchev–Trinajstić information content (AvgIpc) is 2.03. The van der Waals surface area contributed by atoms with E-state index in [4.69, 9.17) is 0 Å². The third-order valence-electron chi connectivity index (χ3n) is 1.88. The quantitative estimate of drug-likeness (QED) is 0.447. The van der Waals surface area contributed by atoms with Gasteiger partial charge in [0, 0.05) is 16.8 Å². The van der Waals surface area contributed by atoms with Gasteiger partial charge in [0.25, 0.3) is 0 Å². The van der Waals surface area contributed by atoms with Crippen molar-refractivity contribution in [2.24, 2.45) is 0 Å². The first-order valence-electron chi connectivity index (χ1n) is 4.76. The van der Waals surface area contributed by atoms with E-state index < -0.39 is 0 Å². The van der Waals surface area contributed by atoms with E-state index in [1.54, 1.807) is 0 Å². The summed E-state index contributed by atoms with van der Waals surface area (Å²) in [6.07, 6.45) is 11.5. The molecule has 0 amide bonds. The van der Waals surface area contributed by atoms with Crippen LogP contribution < -0.4 is 0 Å². The van der Waals surface area contributed by atoms with Crippen LogP contribution in [0.25, 0.3) is 0 Å². The molecule has 0 N–H and O–H groups in total. The van der Waals surface area contributed by atoms with Crippen molar-refractivity contribution in [3.05, 3.63) is 0 Å². The van der Waals surface area contributed by atoms with Crippen LogP contribution in [-0.2, 0) is 21.6 Å². The molecule has 0 aliphatic heterocycles. The van der Waals surface area contributed by atoms with Crippen molar-refractivity contribution < 1.29 is 21.6 Å². The predicted octanol–water partition coefficient (Wildman–Crippen LogP) is 3.23. The molecule has 0 rings (SSSR count). The van der Waals surface area contributed by atoms with E-state index in [0.29, 0.717) is 6.42 Å². The third-order valence-corrected chi connectivity index (χ3v) is 1.88. The van der Waals surface area contributed by atoms with Gasteiger partial charge in [0.15, 0.2) is 0 Å². The van der Waals surface area contributed by atoms with Gasteiger partial charge in [-0.2, -0.15) is 6.42 Å². The second-order valence-electron chi connectivity index (χ2n) is 3.02. The van der Waals surface area contributed by atoms with Crippen molar-refractivity contribution in [1.29, 1.82) is 0 Å². The van der Waals surface area contributed by atoms with E-state index in [1.165, 1.54) is 38.5 Å². The molecule has 0 saturated carbocycles. The Bertz CT molecular complexity index is 83.9. The molecule has 0 aliphatic rings. The van der Waals surface area contributed by atoms with Gasteiger partial charge in [0.05, 0.1) is 0 Å². The van der Waals surface area contributed by atoms with Crippen LogP contribution in [-0.4, -0.2) is 6.29 Å². The predicted molar refractivity (Wildman–Crippen MR) is 48.3 cm³/mol. The summed E-state index contributed by atoms with van der Waals surface area (Å²) in [6, 6.07) is 0.